The van der Waals surface area contributed by atoms with Gasteiger partial charge in [-0.1, -0.05) is 0 Å². The number of nitriles is 1. The molecule has 0 unspecified atom stereocenters. The van der Waals surface area contributed by atoms with Crippen molar-refractivity contribution >= 4 is 11.0 Å². The van der Waals surface area contributed by atoms with E-state index in [4.69, 9.17) is 5.26 Å². The summed E-state index contributed by atoms with van der Waals surface area (Å²) in [5.41, 5.74) is 1.77. The zero-order chi connectivity index (χ0) is 9.60. The number of pyridine rings is 1. The van der Waals surface area contributed by atoms with Gasteiger partial charge >= 0.3 is 0 Å². The van der Waals surface area contributed by atoms with E-state index in [-0.39, 0.29) is 5.41 Å². The van der Waals surface area contributed by atoms with Crippen LogP contribution in [0.5, 0.6) is 0 Å². The Morgan fingerprint density at radius 1 is 1.50 bits per heavy atom. The number of aromatic nitrogens is 2. The molecule has 14 heavy (non-hydrogen) atoms. The molecule has 1 N–H and O–H groups in total. The van der Waals surface area contributed by atoms with Crippen LogP contribution in [0.4, 0.5) is 0 Å². The molecule has 1 fully saturated rings. The highest BCUT2D eigenvalue weighted by Gasteiger charge is 2.46. The summed E-state index contributed by atoms with van der Waals surface area (Å²) in [6.07, 6.45) is 5.64. The van der Waals surface area contributed by atoms with Gasteiger partial charge in [0.05, 0.1) is 11.5 Å². The molecule has 0 spiro atoms. The van der Waals surface area contributed by atoms with Gasteiger partial charge in [0.1, 0.15) is 5.65 Å². The number of rotatable bonds is 1. The zero-order valence-electron chi connectivity index (χ0n) is 7.62. The first-order valence-corrected chi connectivity index (χ1v) is 4.70. The zero-order valence-corrected chi connectivity index (χ0v) is 7.62. The lowest BCUT2D eigenvalue weighted by molar-refractivity contribution is 0.919. The van der Waals surface area contributed by atoms with Crippen LogP contribution in [0.1, 0.15) is 18.4 Å². The van der Waals surface area contributed by atoms with E-state index in [0.717, 1.165) is 29.4 Å². The lowest BCUT2D eigenvalue weighted by atomic mass is 9.98. The highest BCUT2D eigenvalue weighted by Crippen LogP contribution is 2.49. The van der Waals surface area contributed by atoms with E-state index in [1.165, 1.54) is 0 Å². The summed E-state index contributed by atoms with van der Waals surface area (Å²) in [7, 11) is 0. The number of hydrogen-bond donors (Lipinski definition) is 1. The maximum absolute atomic E-state index is 9.10. The third-order valence-electron chi connectivity index (χ3n) is 2.93. The van der Waals surface area contributed by atoms with Gasteiger partial charge in [0.25, 0.3) is 0 Å². The van der Waals surface area contributed by atoms with Crippen LogP contribution in [0.25, 0.3) is 11.0 Å². The summed E-state index contributed by atoms with van der Waals surface area (Å²) in [6, 6.07) is 6.33. The van der Waals surface area contributed by atoms with Crippen molar-refractivity contribution in [2.24, 2.45) is 0 Å². The Morgan fingerprint density at radius 2 is 2.36 bits per heavy atom. The Morgan fingerprint density at radius 3 is 3.07 bits per heavy atom. The van der Waals surface area contributed by atoms with Crippen LogP contribution in [-0.2, 0) is 5.41 Å². The number of nitrogens with one attached hydrogen (secondary N) is 1. The Kier molecular flexibility index (Phi) is 1.27. The second kappa shape index (κ2) is 2.36. The second-order valence-corrected chi connectivity index (χ2v) is 3.80. The van der Waals surface area contributed by atoms with Crippen LogP contribution < -0.4 is 0 Å². The van der Waals surface area contributed by atoms with Gasteiger partial charge in [-0.05, 0) is 30.5 Å². The predicted octanol–water partition coefficient (Wildman–Crippen LogP) is 2.12. The highest BCUT2D eigenvalue weighted by atomic mass is 14.8. The molecule has 0 radical (unpaired) electrons. The average molecular weight is 183 g/mol. The van der Waals surface area contributed by atoms with Crippen molar-refractivity contribution in [2.75, 3.05) is 0 Å². The van der Waals surface area contributed by atoms with E-state index in [1.54, 1.807) is 6.20 Å². The Balaban J connectivity index is 2.29. The lowest BCUT2D eigenvalue weighted by Gasteiger charge is -2.01. The molecule has 2 heterocycles. The summed E-state index contributed by atoms with van der Waals surface area (Å²) in [5, 5.41) is 10.2. The van der Waals surface area contributed by atoms with E-state index in [0.29, 0.717) is 0 Å². The average Bonchev–Trinajstić information content (AvgIpc) is 2.91. The highest BCUT2D eigenvalue weighted by molar-refractivity contribution is 5.82. The van der Waals surface area contributed by atoms with E-state index < -0.39 is 0 Å². The fourth-order valence-corrected chi connectivity index (χ4v) is 1.92. The van der Waals surface area contributed by atoms with Crippen molar-refractivity contribution < 1.29 is 0 Å². The maximum atomic E-state index is 9.10. The minimum absolute atomic E-state index is 0.221. The molecule has 0 amide bonds. The number of H-pyrrole nitrogens is 1. The molecule has 0 aliphatic heterocycles. The van der Waals surface area contributed by atoms with Gasteiger partial charge in [0.15, 0.2) is 0 Å². The second-order valence-electron chi connectivity index (χ2n) is 3.80. The minimum Gasteiger partial charge on any atom is -0.346 e. The normalized spacial score (nSPS) is 17.9. The number of aromatic amines is 1. The molecule has 0 saturated heterocycles. The third-order valence-corrected chi connectivity index (χ3v) is 2.93. The van der Waals surface area contributed by atoms with E-state index in [1.807, 2.05) is 18.3 Å². The molecule has 3 rings (SSSR count). The first kappa shape index (κ1) is 7.57. The third kappa shape index (κ3) is 0.828. The molecule has 68 valence electrons. The van der Waals surface area contributed by atoms with Gasteiger partial charge in [-0.25, -0.2) is 4.98 Å². The molecule has 2 aromatic heterocycles. The lowest BCUT2D eigenvalue weighted by Crippen LogP contribution is -2.00. The quantitative estimate of drug-likeness (QED) is 0.736. The van der Waals surface area contributed by atoms with Gasteiger partial charge in [0, 0.05) is 17.8 Å². The molecule has 0 aromatic carbocycles. The van der Waals surface area contributed by atoms with Crippen LogP contribution in [0.3, 0.4) is 0 Å². The van der Waals surface area contributed by atoms with Crippen molar-refractivity contribution in [3.05, 3.63) is 30.1 Å². The fraction of sp³-hybridized carbons (Fsp3) is 0.273. The van der Waals surface area contributed by atoms with Crippen molar-refractivity contribution in [2.45, 2.75) is 18.3 Å². The molecular formula is C11H9N3. The smallest absolute Gasteiger partial charge is 0.137 e. The molecule has 1 aliphatic carbocycles. The molecule has 1 aliphatic rings. The molecular weight excluding hydrogens is 174 g/mol. The Labute approximate surface area is 81.4 Å². The fourth-order valence-electron chi connectivity index (χ4n) is 1.92. The Hall–Kier alpha value is -1.82. The largest absolute Gasteiger partial charge is 0.346 e. The van der Waals surface area contributed by atoms with Crippen LogP contribution >= 0.6 is 0 Å². The SMILES string of the molecule is N#CC1(c2c[nH]c3ncccc23)CC1. The van der Waals surface area contributed by atoms with Crippen LogP contribution in [0.15, 0.2) is 24.5 Å². The monoisotopic (exact) mass is 183 g/mol. The van der Waals surface area contributed by atoms with E-state index in [2.05, 4.69) is 16.0 Å². The van der Waals surface area contributed by atoms with Crippen molar-refractivity contribution in [3.8, 4) is 6.07 Å². The van der Waals surface area contributed by atoms with Gasteiger partial charge < -0.3 is 4.98 Å². The summed E-state index contributed by atoms with van der Waals surface area (Å²) in [5.74, 6) is 0. The van der Waals surface area contributed by atoms with E-state index in [9.17, 15) is 0 Å². The minimum atomic E-state index is -0.221. The van der Waals surface area contributed by atoms with Crippen LogP contribution in [-0.4, -0.2) is 9.97 Å². The Bertz CT molecular complexity index is 529. The molecule has 3 nitrogen and oxygen atoms in total. The summed E-state index contributed by atoms with van der Waals surface area (Å²) in [6.45, 7) is 0. The number of nitrogens with zero attached hydrogens (tertiary/aromatic N) is 2. The summed E-state index contributed by atoms with van der Waals surface area (Å²) < 4.78 is 0. The predicted molar refractivity (Wildman–Crippen MR) is 52.6 cm³/mol. The molecule has 0 bridgehead atoms. The van der Waals surface area contributed by atoms with Crippen molar-refractivity contribution in [1.82, 2.24) is 9.97 Å². The van der Waals surface area contributed by atoms with Crippen LogP contribution in [0.2, 0.25) is 0 Å². The van der Waals surface area contributed by atoms with Crippen molar-refractivity contribution in [3.63, 3.8) is 0 Å². The van der Waals surface area contributed by atoms with Gasteiger partial charge in [-0.3, -0.25) is 0 Å². The van der Waals surface area contributed by atoms with Crippen LogP contribution in [0, 0.1) is 11.3 Å². The van der Waals surface area contributed by atoms with Gasteiger partial charge in [0.2, 0.25) is 0 Å². The number of hydrogen-bond acceptors (Lipinski definition) is 2. The summed E-state index contributed by atoms with van der Waals surface area (Å²) in [4.78, 5) is 7.32. The molecule has 0 atom stereocenters. The standard InChI is InChI=1S/C11H9N3/c12-7-11(3-4-11)9-6-14-10-8(9)2-1-5-13-10/h1-2,5-6H,3-4H2,(H,13,14). The van der Waals surface area contributed by atoms with Gasteiger partial charge in [-0.2, -0.15) is 5.26 Å². The first-order chi connectivity index (χ1) is 6.86. The van der Waals surface area contributed by atoms with E-state index >= 15 is 0 Å². The topological polar surface area (TPSA) is 52.5 Å². The number of fused-ring (bicyclic) bond motifs is 1. The molecule has 2 aromatic rings. The van der Waals surface area contributed by atoms with Gasteiger partial charge in [-0.15, -0.1) is 0 Å². The molecule has 1 saturated carbocycles. The summed E-state index contributed by atoms with van der Waals surface area (Å²) >= 11 is 0. The maximum Gasteiger partial charge on any atom is 0.137 e. The van der Waals surface area contributed by atoms with Crippen molar-refractivity contribution in [1.29, 1.82) is 5.26 Å². The molecule has 3 heteroatoms. The first-order valence-electron chi connectivity index (χ1n) is 4.70.